The zero-order valence-corrected chi connectivity index (χ0v) is 26.6. The zero-order chi connectivity index (χ0) is 29.7. The summed E-state index contributed by atoms with van der Waals surface area (Å²) in [4.78, 5) is 8.26. The Morgan fingerprint density at radius 3 is 1.60 bits per heavy atom. The zero-order valence-electron chi connectivity index (χ0n) is 25.0. The fourth-order valence-electron chi connectivity index (χ4n) is 4.15. The van der Waals surface area contributed by atoms with Gasteiger partial charge in [0, 0.05) is 18.0 Å². The van der Waals surface area contributed by atoms with Crippen molar-refractivity contribution in [3.63, 3.8) is 0 Å². The first-order valence-electron chi connectivity index (χ1n) is 13.4. The molecule has 40 heavy (non-hydrogen) atoms. The summed E-state index contributed by atoms with van der Waals surface area (Å²) in [6.07, 6.45) is 3.57. The van der Waals surface area contributed by atoms with Crippen LogP contribution < -0.4 is 5.46 Å². The second-order valence-corrected chi connectivity index (χ2v) is 12.0. The van der Waals surface area contributed by atoms with E-state index in [0.29, 0.717) is 11.1 Å². The van der Waals surface area contributed by atoms with Crippen LogP contribution in [0.5, 0.6) is 0 Å². The topological polar surface area (TPSA) is 44.2 Å². The molecule has 1 saturated heterocycles. The van der Waals surface area contributed by atoms with Crippen LogP contribution in [0.2, 0.25) is 0 Å². The number of rotatable bonds is 2. The van der Waals surface area contributed by atoms with Crippen LogP contribution in [0.25, 0.3) is 11.3 Å². The van der Waals surface area contributed by atoms with Crippen LogP contribution in [0.15, 0.2) is 77.7 Å². The Morgan fingerprint density at radius 1 is 0.700 bits per heavy atom. The average molecular weight is 605 g/mol. The Bertz CT molecular complexity index is 1370. The average Bonchev–Trinajstić information content (AvgIpc) is 3.13. The van der Waals surface area contributed by atoms with Crippen molar-refractivity contribution in [1.82, 2.24) is 9.97 Å². The number of benzene rings is 2. The van der Waals surface area contributed by atoms with Gasteiger partial charge in [0.2, 0.25) is 0 Å². The first-order chi connectivity index (χ1) is 18.7. The standard InChI is InChI=1S/C14H20BFO2.C14H15N.C5H4BrN/c1-9-7-11(8-10(2)12(9)16)15-17-13(3,4)14(5,6)18-15;1-10-8-13(9-11(2)12(10)3)14-6-4-5-7-15-14;6-5-3-1-2-4-7-5/h7-8H,1-6H3;4-9H,1-3H3;1-4H. The summed E-state index contributed by atoms with van der Waals surface area (Å²) >= 11 is 3.20. The van der Waals surface area contributed by atoms with Gasteiger partial charge in [-0.05, 0) is 148 Å². The molecule has 1 fully saturated rings. The Morgan fingerprint density at radius 2 is 1.20 bits per heavy atom. The predicted molar refractivity (Wildman–Crippen MR) is 167 cm³/mol. The van der Waals surface area contributed by atoms with Crippen molar-refractivity contribution in [2.45, 2.75) is 73.5 Å². The summed E-state index contributed by atoms with van der Waals surface area (Å²) in [6.45, 7) is 18.0. The maximum atomic E-state index is 13.6. The van der Waals surface area contributed by atoms with E-state index < -0.39 is 7.12 Å². The number of aryl methyl sites for hydroxylation is 4. The third-order valence-electron chi connectivity index (χ3n) is 7.50. The van der Waals surface area contributed by atoms with Crippen LogP contribution in [0.4, 0.5) is 4.39 Å². The summed E-state index contributed by atoms with van der Waals surface area (Å²) in [5.41, 5.74) is 7.67. The van der Waals surface area contributed by atoms with Gasteiger partial charge >= 0.3 is 7.12 Å². The lowest BCUT2D eigenvalue weighted by atomic mass is 9.77. The van der Waals surface area contributed by atoms with E-state index in [1.807, 2.05) is 70.3 Å². The highest BCUT2D eigenvalue weighted by Crippen LogP contribution is 2.36. The van der Waals surface area contributed by atoms with Gasteiger partial charge in [-0.2, -0.15) is 0 Å². The Balaban J connectivity index is 0.000000180. The van der Waals surface area contributed by atoms with Crippen LogP contribution in [0.3, 0.4) is 0 Å². The molecule has 0 amide bonds. The molecule has 3 heterocycles. The van der Waals surface area contributed by atoms with Gasteiger partial charge in [0.25, 0.3) is 0 Å². The maximum absolute atomic E-state index is 13.6. The van der Waals surface area contributed by atoms with E-state index in [9.17, 15) is 4.39 Å². The third-order valence-corrected chi connectivity index (χ3v) is 7.97. The van der Waals surface area contributed by atoms with Gasteiger partial charge in [0.1, 0.15) is 10.4 Å². The molecule has 4 aromatic rings. The largest absolute Gasteiger partial charge is 0.494 e. The van der Waals surface area contributed by atoms with Gasteiger partial charge in [0.05, 0.1) is 16.9 Å². The summed E-state index contributed by atoms with van der Waals surface area (Å²) in [5.74, 6) is -0.157. The minimum atomic E-state index is -0.423. The summed E-state index contributed by atoms with van der Waals surface area (Å²) in [7, 11) is -0.423. The van der Waals surface area contributed by atoms with Gasteiger partial charge in [-0.15, -0.1) is 0 Å². The Hall–Kier alpha value is -2.87. The highest BCUT2D eigenvalue weighted by Gasteiger charge is 2.51. The molecule has 0 aliphatic carbocycles. The maximum Gasteiger partial charge on any atom is 0.494 e. The number of halogens is 2. The lowest BCUT2D eigenvalue weighted by Gasteiger charge is -2.32. The van der Waals surface area contributed by atoms with Crippen molar-refractivity contribution in [3.8, 4) is 11.3 Å². The van der Waals surface area contributed by atoms with Gasteiger partial charge in [-0.1, -0.05) is 24.3 Å². The molecule has 0 atom stereocenters. The van der Waals surface area contributed by atoms with Crippen molar-refractivity contribution in [2.24, 2.45) is 0 Å². The van der Waals surface area contributed by atoms with Crippen molar-refractivity contribution < 1.29 is 13.7 Å². The number of pyridine rings is 2. The molecule has 7 heteroatoms. The first-order valence-corrected chi connectivity index (χ1v) is 14.2. The third kappa shape index (κ3) is 7.87. The van der Waals surface area contributed by atoms with Crippen LogP contribution >= 0.6 is 15.9 Å². The molecule has 2 aromatic heterocycles. The van der Waals surface area contributed by atoms with Crippen LogP contribution in [-0.2, 0) is 9.31 Å². The molecule has 0 unspecified atom stereocenters. The monoisotopic (exact) mass is 604 g/mol. The summed E-state index contributed by atoms with van der Waals surface area (Å²) in [6, 6.07) is 19.7. The molecule has 1 aliphatic rings. The van der Waals surface area contributed by atoms with E-state index in [1.54, 1.807) is 32.2 Å². The fraction of sp³-hybridized carbons (Fsp3) is 0.333. The van der Waals surface area contributed by atoms with Crippen LogP contribution in [0.1, 0.15) is 55.5 Å². The Labute approximate surface area is 247 Å². The molecular formula is C33H39BBrFN2O2. The van der Waals surface area contributed by atoms with Crippen LogP contribution in [0, 0.1) is 40.4 Å². The summed E-state index contributed by atoms with van der Waals surface area (Å²) < 4.78 is 26.4. The lowest BCUT2D eigenvalue weighted by Crippen LogP contribution is -2.41. The SMILES string of the molecule is Brc1ccccn1.Cc1cc(-c2ccccn2)cc(C)c1C.Cc1cc(B2OC(C)(C)C(C)(C)O2)cc(C)c1F. The van der Waals surface area contributed by atoms with E-state index in [4.69, 9.17) is 9.31 Å². The predicted octanol–water partition coefficient (Wildman–Crippen LogP) is 8.26. The minimum absolute atomic E-state index is 0.157. The normalized spacial score (nSPS) is 15.0. The molecule has 0 N–H and O–H groups in total. The second kappa shape index (κ2) is 13.2. The molecule has 5 rings (SSSR count). The van der Waals surface area contributed by atoms with Crippen molar-refractivity contribution in [3.05, 3.63) is 111 Å². The van der Waals surface area contributed by atoms with E-state index >= 15 is 0 Å². The highest BCUT2D eigenvalue weighted by molar-refractivity contribution is 9.10. The van der Waals surface area contributed by atoms with Crippen molar-refractivity contribution in [2.75, 3.05) is 0 Å². The number of nitrogens with zero attached hydrogens (tertiary/aromatic N) is 2. The smallest absolute Gasteiger partial charge is 0.399 e. The molecule has 0 saturated carbocycles. The molecule has 4 nitrogen and oxygen atoms in total. The molecule has 0 spiro atoms. The van der Waals surface area contributed by atoms with Gasteiger partial charge < -0.3 is 9.31 Å². The molecular weight excluding hydrogens is 566 g/mol. The van der Waals surface area contributed by atoms with Gasteiger partial charge in [-0.3, -0.25) is 4.98 Å². The number of hydrogen-bond acceptors (Lipinski definition) is 4. The molecule has 0 radical (unpaired) electrons. The first kappa shape index (κ1) is 31.7. The molecule has 2 aromatic carbocycles. The lowest BCUT2D eigenvalue weighted by molar-refractivity contribution is 0.00578. The van der Waals surface area contributed by atoms with Gasteiger partial charge in [0.15, 0.2) is 0 Å². The fourth-order valence-corrected chi connectivity index (χ4v) is 4.42. The number of aromatic nitrogens is 2. The number of hydrogen-bond donors (Lipinski definition) is 0. The highest BCUT2D eigenvalue weighted by atomic mass is 79.9. The van der Waals surface area contributed by atoms with Crippen molar-refractivity contribution in [1.29, 1.82) is 0 Å². The quantitative estimate of drug-likeness (QED) is 0.171. The van der Waals surface area contributed by atoms with E-state index in [2.05, 4.69) is 58.8 Å². The second-order valence-electron chi connectivity index (χ2n) is 11.2. The van der Waals surface area contributed by atoms with Crippen molar-refractivity contribution >= 4 is 28.5 Å². The minimum Gasteiger partial charge on any atom is -0.399 e. The van der Waals surface area contributed by atoms with E-state index in [-0.39, 0.29) is 17.0 Å². The Kier molecular flexibility index (Phi) is 10.4. The summed E-state index contributed by atoms with van der Waals surface area (Å²) in [5, 5.41) is 0. The molecule has 1 aliphatic heterocycles. The van der Waals surface area contributed by atoms with E-state index in [0.717, 1.165) is 15.8 Å². The van der Waals surface area contributed by atoms with E-state index in [1.165, 1.54) is 22.3 Å². The van der Waals surface area contributed by atoms with Gasteiger partial charge in [-0.25, -0.2) is 9.37 Å². The van der Waals surface area contributed by atoms with Crippen LogP contribution in [-0.4, -0.2) is 28.3 Å². The molecule has 210 valence electrons. The molecule has 0 bridgehead atoms.